The fraction of sp³-hybridized carbons (Fsp3) is 0.636. The molecule has 1 saturated carbocycles. The smallest absolute Gasteiger partial charge is 0.306 e. The number of hydrogen-bond acceptors (Lipinski definition) is 2. The van der Waals surface area contributed by atoms with Crippen molar-refractivity contribution in [1.82, 2.24) is 9.78 Å². The second kappa shape index (κ2) is 4.20. The molecule has 0 aromatic carbocycles. The highest BCUT2D eigenvalue weighted by atomic mass is 79.9. The molecule has 2 rings (SSSR count). The first-order valence-electron chi connectivity index (χ1n) is 5.41. The van der Waals surface area contributed by atoms with Gasteiger partial charge in [-0.1, -0.05) is 0 Å². The molecule has 4 nitrogen and oxygen atoms in total. The molecule has 2 unspecified atom stereocenters. The number of halogens is 1. The lowest BCUT2D eigenvalue weighted by Crippen LogP contribution is -2.34. The maximum atomic E-state index is 10.9. The highest BCUT2D eigenvalue weighted by molar-refractivity contribution is 9.10. The van der Waals surface area contributed by atoms with E-state index in [4.69, 9.17) is 5.11 Å². The summed E-state index contributed by atoms with van der Waals surface area (Å²) in [5.74, 6) is -0.558. The fourth-order valence-corrected chi connectivity index (χ4v) is 2.79. The predicted molar refractivity (Wildman–Crippen MR) is 63.2 cm³/mol. The number of aromatic nitrogens is 2. The summed E-state index contributed by atoms with van der Waals surface area (Å²) in [6.45, 7) is 1.95. The Labute approximate surface area is 103 Å². The molecule has 0 radical (unpaired) electrons. The van der Waals surface area contributed by atoms with E-state index in [1.165, 1.54) is 0 Å². The summed E-state index contributed by atoms with van der Waals surface area (Å²) in [6, 6.07) is 0. The summed E-state index contributed by atoms with van der Waals surface area (Å²) in [5, 5.41) is 13.3. The third kappa shape index (κ3) is 1.88. The van der Waals surface area contributed by atoms with Crippen LogP contribution in [0.25, 0.3) is 0 Å². The lowest BCUT2D eigenvalue weighted by Gasteiger charge is -2.33. The molecule has 0 spiro atoms. The first-order valence-corrected chi connectivity index (χ1v) is 6.20. The van der Waals surface area contributed by atoms with Gasteiger partial charge in [0.15, 0.2) is 0 Å². The Kier molecular flexibility index (Phi) is 3.06. The predicted octanol–water partition coefficient (Wildman–Crippen LogP) is 2.14. The van der Waals surface area contributed by atoms with Crippen molar-refractivity contribution in [2.24, 2.45) is 18.9 Å². The summed E-state index contributed by atoms with van der Waals surface area (Å²) >= 11 is 3.51. The maximum absolute atomic E-state index is 10.9. The first kappa shape index (κ1) is 11.6. The van der Waals surface area contributed by atoms with E-state index in [2.05, 4.69) is 21.0 Å². The zero-order valence-corrected chi connectivity index (χ0v) is 11.0. The maximum Gasteiger partial charge on any atom is 0.306 e. The van der Waals surface area contributed by atoms with Gasteiger partial charge in [0.25, 0.3) is 0 Å². The number of aliphatic carboxylic acids is 1. The van der Waals surface area contributed by atoms with Gasteiger partial charge in [-0.05, 0) is 48.0 Å². The highest BCUT2D eigenvalue weighted by Crippen LogP contribution is 2.38. The quantitative estimate of drug-likeness (QED) is 0.926. The van der Waals surface area contributed by atoms with Gasteiger partial charge < -0.3 is 5.11 Å². The number of carboxylic acid groups (broad SMARTS) is 1. The van der Waals surface area contributed by atoms with E-state index in [9.17, 15) is 4.79 Å². The molecule has 1 aliphatic rings. The van der Waals surface area contributed by atoms with Crippen LogP contribution in [0.15, 0.2) is 4.47 Å². The van der Waals surface area contributed by atoms with Crippen molar-refractivity contribution in [2.75, 3.05) is 0 Å². The van der Waals surface area contributed by atoms with E-state index in [1.54, 1.807) is 0 Å². The molecule has 2 atom stereocenters. The van der Waals surface area contributed by atoms with Gasteiger partial charge in [-0.3, -0.25) is 9.48 Å². The van der Waals surface area contributed by atoms with Gasteiger partial charge in [0, 0.05) is 7.05 Å². The van der Waals surface area contributed by atoms with Crippen molar-refractivity contribution in [3.05, 3.63) is 15.9 Å². The van der Waals surface area contributed by atoms with Crippen LogP contribution < -0.4 is 0 Å². The van der Waals surface area contributed by atoms with Gasteiger partial charge in [-0.2, -0.15) is 5.10 Å². The minimum atomic E-state index is -0.661. The molecule has 1 heterocycles. The van der Waals surface area contributed by atoms with E-state index in [-0.39, 0.29) is 11.8 Å². The average Bonchev–Trinajstić information content (AvgIpc) is 2.36. The number of carbonyl (C=O) groups is 1. The van der Waals surface area contributed by atoms with Crippen LogP contribution in [0.3, 0.4) is 0 Å². The van der Waals surface area contributed by atoms with Crippen molar-refractivity contribution in [3.8, 4) is 0 Å². The number of carboxylic acids is 1. The Morgan fingerprint density at radius 3 is 2.69 bits per heavy atom. The molecule has 0 bridgehead atoms. The SMILES string of the molecule is Cc1nn(C)c(CC2CCC2C(=O)O)c1Br. The topological polar surface area (TPSA) is 55.1 Å². The summed E-state index contributed by atoms with van der Waals surface area (Å²) in [7, 11) is 1.90. The van der Waals surface area contributed by atoms with Crippen molar-refractivity contribution >= 4 is 21.9 Å². The summed E-state index contributed by atoms with van der Waals surface area (Å²) in [4.78, 5) is 10.9. The lowest BCUT2D eigenvalue weighted by atomic mass is 9.71. The minimum Gasteiger partial charge on any atom is -0.481 e. The Hall–Kier alpha value is -0.840. The van der Waals surface area contributed by atoms with Crippen LogP contribution in [0, 0.1) is 18.8 Å². The van der Waals surface area contributed by atoms with Crippen LogP contribution in [0.4, 0.5) is 0 Å². The number of rotatable bonds is 3. The molecule has 1 fully saturated rings. The normalized spacial score (nSPS) is 24.2. The molecule has 0 aliphatic heterocycles. The molecule has 1 aromatic heterocycles. The van der Waals surface area contributed by atoms with E-state index in [1.807, 2.05) is 18.7 Å². The minimum absolute atomic E-state index is 0.165. The molecule has 1 N–H and O–H groups in total. The molecule has 0 amide bonds. The van der Waals surface area contributed by atoms with Crippen molar-refractivity contribution in [1.29, 1.82) is 0 Å². The van der Waals surface area contributed by atoms with Crippen LogP contribution in [0.1, 0.15) is 24.2 Å². The van der Waals surface area contributed by atoms with E-state index < -0.39 is 5.97 Å². The molecular formula is C11H15BrN2O2. The molecule has 16 heavy (non-hydrogen) atoms. The zero-order valence-electron chi connectivity index (χ0n) is 9.40. The highest BCUT2D eigenvalue weighted by Gasteiger charge is 2.37. The van der Waals surface area contributed by atoms with E-state index in [0.717, 1.165) is 35.1 Å². The fourth-order valence-electron chi connectivity index (χ4n) is 2.29. The Morgan fingerprint density at radius 1 is 1.62 bits per heavy atom. The third-order valence-corrected chi connectivity index (χ3v) is 4.48. The molecule has 5 heteroatoms. The van der Waals surface area contributed by atoms with Gasteiger partial charge in [0.2, 0.25) is 0 Å². The Morgan fingerprint density at radius 2 is 2.31 bits per heavy atom. The van der Waals surface area contributed by atoms with Crippen LogP contribution in [0.2, 0.25) is 0 Å². The summed E-state index contributed by atoms with van der Waals surface area (Å²) in [5.41, 5.74) is 2.07. The van der Waals surface area contributed by atoms with Crippen molar-refractivity contribution < 1.29 is 9.90 Å². The molecule has 1 aliphatic carbocycles. The largest absolute Gasteiger partial charge is 0.481 e. The first-order chi connectivity index (χ1) is 7.50. The van der Waals surface area contributed by atoms with Gasteiger partial charge in [-0.25, -0.2) is 0 Å². The molecule has 1 aromatic rings. The molecular weight excluding hydrogens is 272 g/mol. The standard InChI is InChI=1S/C11H15BrN2O2/c1-6-10(12)9(14(2)13-6)5-7-3-4-8(7)11(15)16/h7-8H,3-5H2,1-2H3,(H,15,16). The van der Waals surface area contributed by atoms with Crippen molar-refractivity contribution in [3.63, 3.8) is 0 Å². The van der Waals surface area contributed by atoms with Gasteiger partial charge in [0.1, 0.15) is 0 Å². The van der Waals surface area contributed by atoms with Gasteiger partial charge >= 0.3 is 5.97 Å². The Balaban J connectivity index is 2.12. The molecule has 0 saturated heterocycles. The van der Waals surface area contributed by atoms with E-state index in [0.29, 0.717) is 0 Å². The van der Waals surface area contributed by atoms with E-state index >= 15 is 0 Å². The number of hydrogen-bond donors (Lipinski definition) is 1. The second-order valence-electron chi connectivity index (χ2n) is 4.46. The zero-order chi connectivity index (χ0) is 11.9. The summed E-state index contributed by atoms with van der Waals surface area (Å²) in [6.07, 6.45) is 2.62. The van der Waals surface area contributed by atoms with Crippen LogP contribution in [0.5, 0.6) is 0 Å². The van der Waals surface area contributed by atoms with Gasteiger partial charge in [0.05, 0.1) is 21.8 Å². The monoisotopic (exact) mass is 286 g/mol. The third-order valence-electron chi connectivity index (χ3n) is 3.45. The second-order valence-corrected chi connectivity index (χ2v) is 5.25. The molecule has 88 valence electrons. The Bertz CT molecular complexity index is 428. The number of aryl methyl sites for hydroxylation is 2. The lowest BCUT2D eigenvalue weighted by molar-refractivity contribution is -0.147. The number of nitrogens with zero attached hydrogens (tertiary/aromatic N) is 2. The van der Waals surface area contributed by atoms with Crippen LogP contribution in [-0.2, 0) is 18.3 Å². The van der Waals surface area contributed by atoms with Crippen LogP contribution >= 0.6 is 15.9 Å². The van der Waals surface area contributed by atoms with Gasteiger partial charge in [-0.15, -0.1) is 0 Å². The van der Waals surface area contributed by atoms with Crippen molar-refractivity contribution in [2.45, 2.75) is 26.2 Å². The van der Waals surface area contributed by atoms with Crippen LogP contribution in [-0.4, -0.2) is 20.9 Å². The summed E-state index contributed by atoms with van der Waals surface area (Å²) < 4.78 is 2.86. The average molecular weight is 287 g/mol.